The molecule has 11 rings (SSSR count). The van der Waals surface area contributed by atoms with E-state index in [0.717, 1.165) is 11.4 Å². The summed E-state index contributed by atoms with van der Waals surface area (Å²) in [6.07, 6.45) is 0. The molecule has 0 aliphatic carbocycles. The lowest BCUT2D eigenvalue weighted by Gasteiger charge is -2.29. The van der Waals surface area contributed by atoms with Crippen molar-refractivity contribution in [2.45, 2.75) is 0 Å². The number of rotatable bonds is 6. The zero-order valence-corrected chi connectivity index (χ0v) is 31.4. The molecule has 0 fully saturated rings. The van der Waals surface area contributed by atoms with Crippen molar-refractivity contribution in [2.24, 2.45) is 0 Å². The molecule has 0 unspecified atom stereocenters. The number of benzene rings is 9. The maximum absolute atomic E-state index is 2.51. The average Bonchev–Trinajstić information content (AvgIpc) is 3.83. The predicted molar refractivity (Wildman–Crippen MR) is 241 cm³/mol. The molecule has 9 aromatic carbocycles. The molecule has 0 saturated heterocycles. The fourth-order valence-corrected chi connectivity index (χ4v) is 10.6. The van der Waals surface area contributed by atoms with Gasteiger partial charge in [0.25, 0.3) is 0 Å². The Kier molecular flexibility index (Phi) is 7.61. The van der Waals surface area contributed by atoms with Gasteiger partial charge in [0.15, 0.2) is 0 Å². The summed E-state index contributed by atoms with van der Waals surface area (Å²) in [6.45, 7) is 0. The summed E-state index contributed by atoms with van der Waals surface area (Å²) >= 11 is 3.74. The number of hydrogen-bond acceptors (Lipinski definition) is 3. The van der Waals surface area contributed by atoms with Gasteiger partial charge in [-0.05, 0) is 87.3 Å². The molecule has 1 nitrogen and oxygen atoms in total. The number of anilines is 3. The third-order valence-corrected chi connectivity index (χ3v) is 13.2. The normalized spacial score (nSPS) is 11.6. The minimum absolute atomic E-state index is 1.12. The first kappa shape index (κ1) is 32.0. The largest absolute Gasteiger partial charge is 0.308 e. The van der Waals surface area contributed by atoms with Gasteiger partial charge < -0.3 is 4.90 Å². The summed E-state index contributed by atoms with van der Waals surface area (Å²) in [7, 11) is 0. The Bertz CT molecular complexity index is 3210. The van der Waals surface area contributed by atoms with E-state index in [2.05, 4.69) is 205 Å². The smallest absolute Gasteiger partial charge is 0.0640 e. The van der Waals surface area contributed by atoms with E-state index < -0.39 is 0 Å². The zero-order chi connectivity index (χ0) is 36.3. The fourth-order valence-electron chi connectivity index (χ4n) is 8.34. The molecular weight excluding hydrogens is 703 g/mol. The Morgan fingerprint density at radius 1 is 0.291 bits per heavy atom. The molecule has 2 heterocycles. The first-order chi connectivity index (χ1) is 27.3. The molecule has 0 saturated carbocycles. The van der Waals surface area contributed by atoms with E-state index in [1.54, 1.807) is 0 Å². The van der Waals surface area contributed by atoms with E-state index in [0.29, 0.717) is 0 Å². The lowest BCUT2D eigenvalue weighted by molar-refractivity contribution is 1.32. The lowest BCUT2D eigenvalue weighted by atomic mass is 9.92. The van der Waals surface area contributed by atoms with Gasteiger partial charge in [-0.2, -0.15) is 0 Å². The number of nitrogens with zero attached hydrogens (tertiary/aromatic N) is 1. The van der Waals surface area contributed by atoms with Crippen LogP contribution in [0, 0.1) is 0 Å². The van der Waals surface area contributed by atoms with Crippen LogP contribution in [0.15, 0.2) is 200 Å². The van der Waals surface area contributed by atoms with Gasteiger partial charge in [0.05, 0.1) is 16.1 Å². The van der Waals surface area contributed by atoms with Crippen molar-refractivity contribution in [3.63, 3.8) is 0 Å². The molecule has 0 spiro atoms. The van der Waals surface area contributed by atoms with E-state index in [9.17, 15) is 0 Å². The Labute approximate surface area is 327 Å². The number of fused-ring (bicyclic) bond motifs is 7. The van der Waals surface area contributed by atoms with Crippen LogP contribution in [0.4, 0.5) is 17.1 Å². The van der Waals surface area contributed by atoms with Crippen LogP contribution in [0.25, 0.3) is 84.5 Å². The molecule has 2 aromatic heterocycles. The highest BCUT2D eigenvalue weighted by Crippen LogP contribution is 2.49. The minimum atomic E-state index is 1.12. The van der Waals surface area contributed by atoms with Crippen LogP contribution in [0.1, 0.15) is 0 Å². The molecule has 55 heavy (non-hydrogen) atoms. The molecule has 11 aromatic rings. The third-order valence-electron chi connectivity index (χ3n) is 10.9. The number of thiophene rings is 2. The third kappa shape index (κ3) is 5.35. The maximum atomic E-state index is 2.51. The molecule has 0 N–H and O–H groups in total. The van der Waals surface area contributed by atoms with Gasteiger partial charge in [-0.3, -0.25) is 0 Å². The van der Waals surface area contributed by atoms with Crippen LogP contribution in [0.5, 0.6) is 0 Å². The van der Waals surface area contributed by atoms with Crippen molar-refractivity contribution < 1.29 is 0 Å². The molecule has 0 radical (unpaired) electrons. The molecule has 0 aliphatic rings. The SMILES string of the molecule is c1ccc(-c2ccc(N(c3ccc(-c4ccccc4)c4ccccc34)c3cccc4c3sc3ccccc34)cc2-c2ccc3sc4ccccc4c3c2)cc1. The molecule has 0 bridgehead atoms. The Morgan fingerprint density at radius 2 is 0.873 bits per heavy atom. The van der Waals surface area contributed by atoms with E-state index in [1.165, 1.54) is 90.2 Å². The highest BCUT2D eigenvalue weighted by Gasteiger charge is 2.23. The van der Waals surface area contributed by atoms with Crippen LogP contribution in [0.2, 0.25) is 0 Å². The second-order valence-electron chi connectivity index (χ2n) is 14.0. The average molecular weight is 736 g/mol. The summed E-state index contributed by atoms with van der Waals surface area (Å²) in [5.74, 6) is 0. The van der Waals surface area contributed by atoms with Crippen LogP contribution in [0.3, 0.4) is 0 Å². The van der Waals surface area contributed by atoms with Crippen molar-refractivity contribution in [1.29, 1.82) is 0 Å². The lowest BCUT2D eigenvalue weighted by Crippen LogP contribution is -2.11. The molecule has 258 valence electrons. The van der Waals surface area contributed by atoms with Gasteiger partial charge in [0.2, 0.25) is 0 Å². The summed E-state index contributed by atoms with van der Waals surface area (Å²) < 4.78 is 5.20. The summed E-state index contributed by atoms with van der Waals surface area (Å²) in [5.41, 5.74) is 10.7. The van der Waals surface area contributed by atoms with E-state index in [4.69, 9.17) is 0 Å². The summed E-state index contributed by atoms with van der Waals surface area (Å²) in [4.78, 5) is 2.51. The van der Waals surface area contributed by atoms with Crippen LogP contribution in [-0.4, -0.2) is 0 Å². The van der Waals surface area contributed by atoms with Gasteiger partial charge >= 0.3 is 0 Å². The second-order valence-corrected chi connectivity index (χ2v) is 16.2. The Morgan fingerprint density at radius 3 is 1.64 bits per heavy atom. The van der Waals surface area contributed by atoms with Crippen LogP contribution >= 0.6 is 22.7 Å². The van der Waals surface area contributed by atoms with Gasteiger partial charge in [-0.15, -0.1) is 22.7 Å². The Balaban J connectivity index is 1.20. The minimum Gasteiger partial charge on any atom is -0.308 e. The van der Waals surface area contributed by atoms with Crippen molar-refractivity contribution in [1.82, 2.24) is 0 Å². The van der Waals surface area contributed by atoms with Crippen molar-refractivity contribution in [3.05, 3.63) is 200 Å². The zero-order valence-electron chi connectivity index (χ0n) is 29.8. The fraction of sp³-hybridized carbons (Fsp3) is 0. The van der Waals surface area contributed by atoms with Crippen LogP contribution in [-0.2, 0) is 0 Å². The van der Waals surface area contributed by atoms with Crippen molar-refractivity contribution in [3.8, 4) is 33.4 Å². The monoisotopic (exact) mass is 735 g/mol. The molecule has 3 heteroatoms. The van der Waals surface area contributed by atoms with Crippen molar-refractivity contribution >= 4 is 90.9 Å². The summed E-state index contributed by atoms with van der Waals surface area (Å²) in [6, 6.07) is 73.5. The summed E-state index contributed by atoms with van der Waals surface area (Å²) in [5, 5.41) is 7.63. The van der Waals surface area contributed by atoms with Gasteiger partial charge in [0, 0.05) is 46.7 Å². The predicted octanol–water partition coefficient (Wildman–Crippen LogP) is 16.0. The molecular formula is C52H33NS2. The quantitative estimate of drug-likeness (QED) is 0.164. The first-order valence-electron chi connectivity index (χ1n) is 18.7. The van der Waals surface area contributed by atoms with E-state index >= 15 is 0 Å². The topological polar surface area (TPSA) is 3.24 Å². The highest BCUT2D eigenvalue weighted by molar-refractivity contribution is 7.26. The van der Waals surface area contributed by atoms with E-state index in [1.807, 2.05) is 22.7 Å². The maximum Gasteiger partial charge on any atom is 0.0640 e. The number of hydrogen-bond donors (Lipinski definition) is 0. The van der Waals surface area contributed by atoms with E-state index in [-0.39, 0.29) is 0 Å². The molecule has 0 aliphatic heterocycles. The van der Waals surface area contributed by atoms with Gasteiger partial charge in [-0.25, -0.2) is 0 Å². The van der Waals surface area contributed by atoms with Gasteiger partial charge in [-0.1, -0.05) is 152 Å². The molecule has 0 atom stereocenters. The molecule has 0 amide bonds. The van der Waals surface area contributed by atoms with Crippen molar-refractivity contribution in [2.75, 3.05) is 4.90 Å². The van der Waals surface area contributed by atoms with Crippen LogP contribution < -0.4 is 4.90 Å². The second kappa shape index (κ2) is 13.1. The standard InChI is InChI=1S/C52H33NS2/c1-3-14-34(15-4-1)38-29-30-47(41-19-8-7-18-40(38)41)53(48-23-13-22-44-42-20-9-12-25-50(42)55-52(44)48)37-27-28-39(35-16-5-2-6-17-35)45(33-37)36-26-31-51-46(32-36)43-21-10-11-24-49(43)54-51/h1-33H. The Hall–Kier alpha value is -6.52. The highest BCUT2D eigenvalue weighted by atomic mass is 32.1. The first-order valence-corrected chi connectivity index (χ1v) is 20.3. The van der Waals surface area contributed by atoms with Gasteiger partial charge in [0.1, 0.15) is 0 Å².